The molecule has 0 aliphatic carbocycles. The van der Waals surface area contributed by atoms with Gasteiger partial charge < -0.3 is 9.88 Å². The summed E-state index contributed by atoms with van der Waals surface area (Å²) < 4.78 is 14.9. The fourth-order valence-electron chi connectivity index (χ4n) is 1.90. The zero-order chi connectivity index (χ0) is 15.4. The van der Waals surface area contributed by atoms with E-state index in [-0.39, 0.29) is 29.9 Å². The molecule has 0 saturated heterocycles. The molecule has 4 nitrogen and oxygen atoms in total. The van der Waals surface area contributed by atoms with Gasteiger partial charge in [-0.05, 0) is 46.6 Å². The van der Waals surface area contributed by atoms with E-state index in [1.165, 1.54) is 22.8 Å². The first-order chi connectivity index (χ1) is 9.95. The van der Waals surface area contributed by atoms with Gasteiger partial charge in [0.2, 0.25) is 5.91 Å². The largest absolute Gasteiger partial charge is 0.348 e. The number of carbonyl (C=O) groups is 1. The third kappa shape index (κ3) is 4.26. The molecule has 1 aromatic heterocycles. The van der Waals surface area contributed by atoms with Crippen molar-refractivity contribution in [2.75, 3.05) is 0 Å². The van der Waals surface area contributed by atoms with Gasteiger partial charge in [0.15, 0.2) is 0 Å². The van der Waals surface area contributed by atoms with Crippen LogP contribution in [0.15, 0.2) is 51.9 Å². The average Bonchev–Trinajstić information content (AvgIpc) is 2.43. The van der Waals surface area contributed by atoms with Crippen molar-refractivity contribution in [3.63, 3.8) is 0 Å². The van der Waals surface area contributed by atoms with Gasteiger partial charge in [-0.3, -0.25) is 9.59 Å². The predicted molar refractivity (Wildman–Crippen MR) is 81.4 cm³/mol. The highest BCUT2D eigenvalue weighted by atomic mass is 79.9. The first kappa shape index (κ1) is 15.4. The Morgan fingerprint density at radius 1 is 1.29 bits per heavy atom. The molecule has 2 rings (SSSR count). The molecule has 1 heterocycles. The summed E-state index contributed by atoms with van der Waals surface area (Å²) in [5.74, 6) is -0.606. The average molecular weight is 353 g/mol. The van der Waals surface area contributed by atoms with Crippen molar-refractivity contribution in [3.8, 4) is 0 Å². The lowest BCUT2D eigenvalue weighted by Gasteiger charge is -2.15. The molecule has 0 bridgehead atoms. The molecule has 0 spiro atoms. The fourth-order valence-corrected chi connectivity index (χ4v) is 2.28. The number of halogens is 2. The van der Waals surface area contributed by atoms with Crippen LogP contribution in [0.3, 0.4) is 0 Å². The fraction of sp³-hybridized carbons (Fsp3) is 0.200. The van der Waals surface area contributed by atoms with Gasteiger partial charge >= 0.3 is 0 Å². The first-order valence-electron chi connectivity index (χ1n) is 6.36. The minimum absolute atomic E-state index is 0.0657. The number of hydrogen-bond acceptors (Lipinski definition) is 2. The summed E-state index contributed by atoms with van der Waals surface area (Å²) in [6.07, 6.45) is 1.56. The third-order valence-corrected chi connectivity index (χ3v) is 3.48. The smallest absolute Gasteiger partial charge is 0.251 e. The van der Waals surface area contributed by atoms with Crippen molar-refractivity contribution < 1.29 is 9.18 Å². The van der Waals surface area contributed by atoms with E-state index >= 15 is 0 Å². The molecule has 2 aromatic rings. The van der Waals surface area contributed by atoms with Crippen LogP contribution in [0.1, 0.15) is 18.5 Å². The summed E-state index contributed by atoms with van der Waals surface area (Å²) in [7, 11) is 0. The molecular weight excluding hydrogens is 339 g/mol. The highest BCUT2D eigenvalue weighted by molar-refractivity contribution is 9.10. The second-order valence-corrected chi connectivity index (χ2v) is 5.57. The Morgan fingerprint density at radius 3 is 2.62 bits per heavy atom. The predicted octanol–water partition coefficient (Wildman–Crippen LogP) is 2.63. The summed E-state index contributed by atoms with van der Waals surface area (Å²) >= 11 is 3.25. The molecule has 21 heavy (non-hydrogen) atoms. The van der Waals surface area contributed by atoms with Crippen molar-refractivity contribution in [2.45, 2.75) is 19.5 Å². The molecule has 0 aliphatic rings. The maximum Gasteiger partial charge on any atom is 0.251 e. The minimum atomic E-state index is -0.321. The highest BCUT2D eigenvalue weighted by Gasteiger charge is 2.10. The molecule has 1 N–H and O–H groups in total. The highest BCUT2D eigenvalue weighted by Crippen LogP contribution is 2.12. The number of carbonyl (C=O) groups excluding carboxylic acids is 1. The number of benzene rings is 1. The Bertz CT molecular complexity index is 698. The van der Waals surface area contributed by atoms with Crippen LogP contribution in [0.5, 0.6) is 0 Å². The van der Waals surface area contributed by atoms with Crippen molar-refractivity contribution >= 4 is 21.8 Å². The summed E-state index contributed by atoms with van der Waals surface area (Å²) in [5, 5.41) is 2.77. The topological polar surface area (TPSA) is 51.1 Å². The molecule has 0 aliphatic heterocycles. The van der Waals surface area contributed by atoms with E-state index in [0.717, 1.165) is 10.0 Å². The van der Waals surface area contributed by atoms with Gasteiger partial charge in [0.25, 0.3) is 5.56 Å². The van der Waals surface area contributed by atoms with Crippen LogP contribution < -0.4 is 10.9 Å². The van der Waals surface area contributed by atoms with Gasteiger partial charge in [-0.25, -0.2) is 4.39 Å². The van der Waals surface area contributed by atoms with Crippen LogP contribution in [0.2, 0.25) is 0 Å². The number of rotatable bonds is 4. The molecule has 0 fully saturated rings. The minimum Gasteiger partial charge on any atom is -0.348 e. The van der Waals surface area contributed by atoms with Gasteiger partial charge in [-0.1, -0.05) is 12.1 Å². The Morgan fingerprint density at radius 2 is 1.95 bits per heavy atom. The Labute approximate surface area is 129 Å². The molecule has 1 aromatic carbocycles. The second-order valence-electron chi connectivity index (χ2n) is 4.65. The summed E-state index contributed by atoms with van der Waals surface area (Å²) in [5.41, 5.74) is 0.550. The van der Waals surface area contributed by atoms with E-state index in [1.807, 2.05) is 0 Å². The monoisotopic (exact) mass is 352 g/mol. The quantitative estimate of drug-likeness (QED) is 0.919. The maximum atomic E-state index is 12.9. The van der Waals surface area contributed by atoms with E-state index in [0.29, 0.717) is 0 Å². The molecule has 0 saturated carbocycles. The van der Waals surface area contributed by atoms with Crippen molar-refractivity contribution in [1.82, 2.24) is 9.88 Å². The first-order valence-corrected chi connectivity index (χ1v) is 7.16. The maximum absolute atomic E-state index is 12.9. The summed E-state index contributed by atoms with van der Waals surface area (Å²) in [4.78, 5) is 23.6. The number of aromatic nitrogens is 1. The van der Waals surface area contributed by atoms with Crippen molar-refractivity contribution in [3.05, 3.63) is 68.8 Å². The van der Waals surface area contributed by atoms with Crippen LogP contribution in [0.4, 0.5) is 4.39 Å². The van der Waals surface area contributed by atoms with E-state index in [2.05, 4.69) is 21.2 Å². The number of nitrogens with one attached hydrogen (secondary N) is 1. The Hall–Kier alpha value is -1.95. The Balaban J connectivity index is 2.03. The number of amides is 1. The number of pyridine rings is 1. The lowest BCUT2D eigenvalue weighted by Crippen LogP contribution is -2.33. The molecule has 110 valence electrons. The van der Waals surface area contributed by atoms with Gasteiger partial charge in [-0.2, -0.15) is 0 Å². The second kappa shape index (κ2) is 6.67. The van der Waals surface area contributed by atoms with Crippen LogP contribution in [-0.4, -0.2) is 10.5 Å². The molecule has 1 amide bonds. The van der Waals surface area contributed by atoms with Crippen LogP contribution in [-0.2, 0) is 11.3 Å². The Kier molecular flexibility index (Phi) is 4.90. The SMILES string of the molecule is CC(NC(=O)Cn1cc(Br)ccc1=O)c1ccc(F)cc1. The van der Waals surface area contributed by atoms with Gasteiger partial charge in [0.1, 0.15) is 12.4 Å². The number of nitrogens with zero attached hydrogens (tertiary/aromatic N) is 1. The molecule has 0 radical (unpaired) electrons. The lowest BCUT2D eigenvalue weighted by molar-refractivity contribution is -0.122. The molecule has 1 atom stereocenters. The third-order valence-electron chi connectivity index (χ3n) is 3.01. The van der Waals surface area contributed by atoms with Crippen molar-refractivity contribution in [2.24, 2.45) is 0 Å². The molecule has 6 heteroatoms. The molecule has 1 unspecified atom stereocenters. The number of hydrogen-bond donors (Lipinski definition) is 1. The molecular formula is C15H14BrFN2O2. The normalized spacial score (nSPS) is 12.0. The van der Waals surface area contributed by atoms with E-state index in [1.54, 1.807) is 31.3 Å². The van der Waals surface area contributed by atoms with Gasteiger partial charge in [0, 0.05) is 16.7 Å². The van der Waals surface area contributed by atoms with Crippen LogP contribution in [0.25, 0.3) is 0 Å². The van der Waals surface area contributed by atoms with E-state index in [9.17, 15) is 14.0 Å². The summed E-state index contributed by atoms with van der Waals surface area (Å²) in [6, 6.07) is 8.67. The zero-order valence-corrected chi connectivity index (χ0v) is 12.9. The zero-order valence-electron chi connectivity index (χ0n) is 11.3. The summed E-state index contributed by atoms with van der Waals surface area (Å²) in [6.45, 7) is 1.73. The standard InChI is InChI=1S/C15H14BrFN2O2/c1-10(11-2-5-13(17)6-3-11)18-14(20)9-19-8-12(16)4-7-15(19)21/h2-8,10H,9H2,1H3,(H,18,20). The van der Waals surface area contributed by atoms with Crippen LogP contribution in [0, 0.1) is 5.82 Å². The lowest BCUT2D eigenvalue weighted by atomic mass is 10.1. The van der Waals surface area contributed by atoms with Crippen LogP contribution >= 0.6 is 15.9 Å². The van der Waals surface area contributed by atoms with E-state index < -0.39 is 0 Å². The van der Waals surface area contributed by atoms with E-state index in [4.69, 9.17) is 0 Å². The van der Waals surface area contributed by atoms with Gasteiger partial charge in [-0.15, -0.1) is 0 Å². The van der Waals surface area contributed by atoms with Gasteiger partial charge in [0.05, 0.1) is 6.04 Å². The van der Waals surface area contributed by atoms with Crippen molar-refractivity contribution in [1.29, 1.82) is 0 Å².